The highest BCUT2D eigenvalue weighted by Gasteiger charge is 2.06. The molecule has 1 N–H and O–H groups in total. The zero-order chi connectivity index (χ0) is 17.2. The molecule has 0 saturated heterocycles. The third kappa shape index (κ3) is 5.82. The van der Waals surface area contributed by atoms with Crippen LogP contribution < -0.4 is 0 Å². The first kappa shape index (κ1) is 18.2. The van der Waals surface area contributed by atoms with E-state index in [9.17, 15) is 5.21 Å². The minimum absolute atomic E-state index is 0.765. The smallest absolute Gasteiger partial charge is 0.0867 e. The molecule has 2 aromatic carbocycles. The fourth-order valence-corrected chi connectivity index (χ4v) is 2.96. The Morgan fingerprint density at radius 2 is 1.46 bits per heavy atom. The van der Waals surface area contributed by atoms with E-state index in [2.05, 4.69) is 48.4 Å². The van der Waals surface area contributed by atoms with Crippen molar-refractivity contribution in [3.05, 3.63) is 71.3 Å². The van der Waals surface area contributed by atoms with Crippen molar-refractivity contribution >= 4 is 5.71 Å². The lowest BCUT2D eigenvalue weighted by Gasteiger charge is -2.12. The zero-order valence-electron chi connectivity index (χ0n) is 14.8. The van der Waals surface area contributed by atoms with Crippen molar-refractivity contribution in [1.29, 1.82) is 0 Å². The second-order valence-electron chi connectivity index (χ2n) is 6.44. The van der Waals surface area contributed by atoms with Crippen LogP contribution in [-0.4, -0.2) is 36.5 Å². The van der Waals surface area contributed by atoms with Gasteiger partial charge >= 0.3 is 0 Å². The number of hydrogen-bond acceptors (Lipinski definition) is 3. The van der Waals surface area contributed by atoms with Gasteiger partial charge in [-0.1, -0.05) is 59.8 Å². The molecule has 3 heteroatoms. The molecule has 0 aliphatic heterocycles. The van der Waals surface area contributed by atoms with E-state index in [1.54, 1.807) is 0 Å². The lowest BCUT2D eigenvalue weighted by Crippen LogP contribution is -2.13. The Balaban J connectivity index is 1.90. The van der Waals surface area contributed by atoms with E-state index in [4.69, 9.17) is 0 Å². The first-order valence-electron chi connectivity index (χ1n) is 8.68. The molecule has 0 atom stereocenters. The standard InChI is InChI=1S/C21H28N2O/c1-23(2)17-9-15-19-11-7-6-10-18(19)14-8-16-21(22-24)20-12-4-3-5-13-20/h3-7,10-13,24H,8-9,14-17H2,1-2H3. The Morgan fingerprint density at radius 3 is 2.04 bits per heavy atom. The lowest BCUT2D eigenvalue weighted by molar-refractivity contribution is 0.318. The van der Waals surface area contributed by atoms with Crippen molar-refractivity contribution in [3.8, 4) is 0 Å². The quantitative estimate of drug-likeness (QED) is 0.422. The van der Waals surface area contributed by atoms with Crippen molar-refractivity contribution in [2.75, 3.05) is 20.6 Å². The number of nitrogens with zero attached hydrogens (tertiary/aromatic N) is 2. The molecule has 24 heavy (non-hydrogen) atoms. The molecule has 0 spiro atoms. The van der Waals surface area contributed by atoms with Crippen LogP contribution >= 0.6 is 0 Å². The minimum Gasteiger partial charge on any atom is -0.411 e. The van der Waals surface area contributed by atoms with Gasteiger partial charge in [0.05, 0.1) is 5.71 Å². The fraction of sp³-hybridized carbons (Fsp3) is 0.381. The van der Waals surface area contributed by atoms with Gasteiger partial charge in [-0.05, 0) is 69.4 Å². The monoisotopic (exact) mass is 324 g/mol. The minimum atomic E-state index is 0.765. The van der Waals surface area contributed by atoms with E-state index in [1.165, 1.54) is 17.5 Å². The summed E-state index contributed by atoms with van der Waals surface area (Å²) >= 11 is 0. The summed E-state index contributed by atoms with van der Waals surface area (Å²) in [6, 6.07) is 18.6. The SMILES string of the molecule is CN(C)CCCc1ccccc1CCCC(=NO)c1ccccc1. The summed E-state index contributed by atoms with van der Waals surface area (Å²) in [5.41, 5.74) is 4.63. The lowest BCUT2D eigenvalue weighted by atomic mass is 9.96. The maximum absolute atomic E-state index is 9.28. The summed E-state index contributed by atoms with van der Waals surface area (Å²) in [7, 11) is 4.23. The van der Waals surface area contributed by atoms with Gasteiger partial charge in [-0.15, -0.1) is 0 Å². The largest absolute Gasteiger partial charge is 0.411 e. The highest BCUT2D eigenvalue weighted by atomic mass is 16.4. The first-order chi connectivity index (χ1) is 11.7. The molecule has 0 aliphatic carbocycles. The van der Waals surface area contributed by atoms with Gasteiger partial charge in [-0.2, -0.15) is 0 Å². The van der Waals surface area contributed by atoms with Crippen molar-refractivity contribution in [1.82, 2.24) is 4.90 Å². The van der Waals surface area contributed by atoms with Crippen molar-refractivity contribution < 1.29 is 5.21 Å². The Bertz CT molecular complexity index is 635. The summed E-state index contributed by atoms with van der Waals surface area (Å²) in [5, 5.41) is 12.8. The number of hydrogen-bond donors (Lipinski definition) is 1. The van der Waals surface area contributed by atoms with E-state index in [0.29, 0.717) is 0 Å². The maximum Gasteiger partial charge on any atom is 0.0867 e. The van der Waals surface area contributed by atoms with Crippen molar-refractivity contribution in [3.63, 3.8) is 0 Å². The molecule has 0 bridgehead atoms. The predicted octanol–water partition coefficient (Wildman–Crippen LogP) is 4.38. The molecule has 128 valence electrons. The molecule has 0 aromatic heterocycles. The van der Waals surface area contributed by atoms with Crippen LogP contribution in [0.25, 0.3) is 0 Å². The molecule has 0 amide bonds. The van der Waals surface area contributed by atoms with E-state index >= 15 is 0 Å². The average molecular weight is 324 g/mol. The molecule has 0 aliphatic rings. The van der Waals surface area contributed by atoms with Crippen molar-refractivity contribution in [2.45, 2.75) is 32.1 Å². The van der Waals surface area contributed by atoms with Crippen LogP contribution in [0.1, 0.15) is 36.0 Å². The van der Waals surface area contributed by atoms with Gasteiger partial charge in [0, 0.05) is 0 Å². The molecular weight excluding hydrogens is 296 g/mol. The molecule has 2 rings (SSSR count). The predicted molar refractivity (Wildman–Crippen MR) is 101 cm³/mol. The van der Waals surface area contributed by atoms with E-state index in [0.717, 1.165) is 43.5 Å². The van der Waals surface area contributed by atoms with Gasteiger partial charge in [-0.25, -0.2) is 0 Å². The number of oxime groups is 1. The Kier molecular flexibility index (Phi) is 7.50. The van der Waals surface area contributed by atoms with E-state index < -0.39 is 0 Å². The third-order valence-electron chi connectivity index (χ3n) is 4.26. The highest BCUT2D eigenvalue weighted by molar-refractivity contribution is 6.00. The summed E-state index contributed by atoms with van der Waals surface area (Å²) in [6.45, 7) is 1.11. The van der Waals surface area contributed by atoms with Crippen LogP contribution in [0.15, 0.2) is 59.8 Å². The molecule has 0 radical (unpaired) electrons. The van der Waals surface area contributed by atoms with E-state index in [-0.39, 0.29) is 0 Å². The second kappa shape index (κ2) is 9.89. The second-order valence-corrected chi connectivity index (χ2v) is 6.44. The molecule has 2 aromatic rings. The van der Waals surface area contributed by atoms with Gasteiger partial charge in [-0.3, -0.25) is 0 Å². The van der Waals surface area contributed by atoms with Crippen LogP contribution in [0.3, 0.4) is 0 Å². The maximum atomic E-state index is 9.28. The Hall–Kier alpha value is -2.13. The number of rotatable bonds is 9. The van der Waals surface area contributed by atoms with E-state index in [1.807, 2.05) is 30.3 Å². The normalized spacial score (nSPS) is 11.9. The average Bonchev–Trinajstić information content (AvgIpc) is 2.60. The van der Waals surface area contributed by atoms with Gasteiger partial charge in [0.25, 0.3) is 0 Å². The van der Waals surface area contributed by atoms with Crippen LogP contribution in [0.4, 0.5) is 0 Å². The van der Waals surface area contributed by atoms with Crippen LogP contribution in [0, 0.1) is 0 Å². The van der Waals surface area contributed by atoms with Gasteiger partial charge in [0.2, 0.25) is 0 Å². The highest BCUT2D eigenvalue weighted by Crippen LogP contribution is 2.16. The summed E-state index contributed by atoms with van der Waals surface area (Å²) in [5.74, 6) is 0. The summed E-state index contributed by atoms with van der Waals surface area (Å²) in [6.07, 6.45) is 5.08. The molecule has 0 fully saturated rings. The molecular formula is C21H28N2O. The zero-order valence-corrected chi connectivity index (χ0v) is 14.8. The van der Waals surface area contributed by atoms with Gasteiger partial charge in [0.15, 0.2) is 0 Å². The molecule has 3 nitrogen and oxygen atoms in total. The fourth-order valence-electron chi connectivity index (χ4n) is 2.96. The molecule has 0 unspecified atom stereocenters. The van der Waals surface area contributed by atoms with Crippen LogP contribution in [0.5, 0.6) is 0 Å². The van der Waals surface area contributed by atoms with Gasteiger partial charge < -0.3 is 10.1 Å². The molecule has 0 heterocycles. The number of aryl methyl sites for hydroxylation is 2. The van der Waals surface area contributed by atoms with Crippen molar-refractivity contribution in [2.24, 2.45) is 5.16 Å². The molecule has 0 saturated carbocycles. The first-order valence-corrected chi connectivity index (χ1v) is 8.68. The summed E-state index contributed by atoms with van der Waals surface area (Å²) in [4.78, 5) is 2.23. The topological polar surface area (TPSA) is 35.8 Å². The van der Waals surface area contributed by atoms with Crippen LogP contribution in [0.2, 0.25) is 0 Å². The summed E-state index contributed by atoms with van der Waals surface area (Å²) < 4.78 is 0. The number of benzene rings is 2. The Labute approximate surface area is 145 Å². The van der Waals surface area contributed by atoms with Crippen LogP contribution in [-0.2, 0) is 12.8 Å². The Morgan fingerprint density at radius 1 is 0.875 bits per heavy atom. The van der Waals surface area contributed by atoms with Gasteiger partial charge in [0.1, 0.15) is 0 Å². The third-order valence-corrected chi connectivity index (χ3v) is 4.26.